The number of Topliss-reactive ketones (excluding diaryl/α,β-unsaturated/α-hetero) is 1. The summed E-state index contributed by atoms with van der Waals surface area (Å²) in [5.74, 6) is -0.925. The van der Waals surface area contributed by atoms with Crippen LogP contribution in [0.25, 0.3) is 0 Å². The molecule has 4 amide bonds. The normalized spacial score (nSPS) is 20.4. The van der Waals surface area contributed by atoms with Crippen molar-refractivity contribution in [1.29, 1.82) is 0 Å². The van der Waals surface area contributed by atoms with E-state index in [0.29, 0.717) is 17.7 Å². The van der Waals surface area contributed by atoms with Crippen molar-refractivity contribution in [3.05, 3.63) is 29.8 Å². The van der Waals surface area contributed by atoms with Crippen LogP contribution in [0.4, 0.5) is 10.5 Å². The predicted octanol–water partition coefficient (Wildman–Crippen LogP) is 1.54. The molecule has 2 aliphatic rings. The molecule has 31 heavy (non-hydrogen) atoms. The van der Waals surface area contributed by atoms with Crippen molar-refractivity contribution in [2.75, 3.05) is 32.6 Å². The van der Waals surface area contributed by atoms with Crippen LogP contribution in [0.5, 0.6) is 0 Å². The van der Waals surface area contributed by atoms with Crippen LogP contribution < -0.4 is 16.0 Å². The summed E-state index contributed by atoms with van der Waals surface area (Å²) in [5.41, 5.74) is 0.928. The van der Waals surface area contributed by atoms with Gasteiger partial charge in [0.1, 0.15) is 18.7 Å². The van der Waals surface area contributed by atoms with Gasteiger partial charge < -0.3 is 25.6 Å². The van der Waals surface area contributed by atoms with Crippen LogP contribution in [0.3, 0.4) is 0 Å². The summed E-state index contributed by atoms with van der Waals surface area (Å²) in [5, 5.41) is 8.25. The Morgan fingerprint density at radius 1 is 1.19 bits per heavy atom. The summed E-state index contributed by atoms with van der Waals surface area (Å²) >= 11 is 0. The number of nitrogens with one attached hydrogen (secondary N) is 3. The molecule has 1 unspecified atom stereocenters. The van der Waals surface area contributed by atoms with Crippen LogP contribution in [0.1, 0.15) is 43.0 Å². The van der Waals surface area contributed by atoms with E-state index in [0.717, 1.165) is 19.3 Å². The van der Waals surface area contributed by atoms with Gasteiger partial charge in [0.15, 0.2) is 5.78 Å². The van der Waals surface area contributed by atoms with Crippen molar-refractivity contribution in [2.45, 2.75) is 44.7 Å². The SMILES string of the molecule is CN(C)C(=O)Nc1ccc(C(=O)NC(CC2(C)CCC2)C(=O)N[C@H]2COCC2=O)cc1. The molecule has 1 aliphatic heterocycles. The topological polar surface area (TPSA) is 117 Å². The van der Waals surface area contributed by atoms with Gasteiger partial charge in [0.05, 0.1) is 6.61 Å². The molecule has 0 spiro atoms. The lowest BCUT2D eigenvalue weighted by atomic mass is 9.67. The molecule has 1 aliphatic carbocycles. The first-order valence-electron chi connectivity index (χ1n) is 10.5. The highest BCUT2D eigenvalue weighted by Gasteiger charge is 2.38. The zero-order valence-corrected chi connectivity index (χ0v) is 18.2. The molecular formula is C22H30N4O5. The first-order chi connectivity index (χ1) is 14.7. The highest BCUT2D eigenvalue weighted by molar-refractivity contribution is 5.99. The van der Waals surface area contributed by atoms with Crippen LogP contribution in [0.15, 0.2) is 24.3 Å². The van der Waals surface area contributed by atoms with Gasteiger partial charge in [-0.3, -0.25) is 14.4 Å². The second-order valence-electron chi connectivity index (χ2n) is 8.84. The van der Waals surface area contributed by atoms with Gasteiger partial charge in [0.25, 0.3) is 5.91 Å². The third kappa shape index (κ3) is 5.81. The lowest BCUT2D eigenvalue weighted by Gasteiger charge is -2.40. The van der Waals surface area contributed by atoms with Crippen molar-refractivity contribution in [3.8, 4) is 0 Å². The van der Waals surface area contributed by atoms with E-state index in [4.69, 9.17) is 4.74 Å². The summed E-state index contributed by atoms with van der Waals surface area (Å²) in [7, 11) is 3.27. The van der Waals surface area contributed by atoms with Gasteiger partial charge >= 0.3 is 6.03 Å². The number of benzene rings is 1. The average molecular weight is 431 g/mol. The summed E-state index contributed by atoms with van der Waals surface area (Å²) in [6, 6.07) is 4.76. The van der Waals surface area contributed by atoms with Gasteiger partial charge in [-0.05, 0) is 48.9 Å². The molecule has 2 atom stereocenters. The molecule has 3 rings (SSSR count). The summed E-state index contributed by atoms with van der Waals surface area (Å²) in [6.07, 6.45) is 3.61. The minimum atomic E-state index is -0.751. The number of ketones is 1. The van der Waals surface area contributed by atoms with Gasteiger partial charge in [-0.2, -0.15) is 0 Å². The van der Waals surface area contributed by atoms with Crippen molar-refractivity contribution < 1.29 is 23.9 Å². The van der Waals surface area contributed by atoms with Crippen LogP contribution >= 0.6 is 0 Å². The Hall–Kier alpha value is -2.94. The molecule has 1 aromatic rings. The summed E-state index contributed by atoms with van der Waals surface area (Å²) in [4.78, 5) is 50.7. The molecule has 1 saturated heterocycles. The number of ether oxygens (including phenoxy) is 1. The molecule has 1 saturated carbocycles. The highest BCUT2D eigenvalue weighted by Crippen LogP contribution is 2.44. The fourth-order valence-corrected chi connectivity index (χ4v) is 3.73. The van der Waals surface area contributed by atoms with Gasteiger partial charge in [-0.1, -0.05) is 13.3 Å². The number of hydrogen-bond donors (Lipinski definition) is 3. The average Bonchev–Trinajstić information content (AvgIpc) is 3.11. The Labute approximate surface area is 181 Å². The number of carbonyl (C=O) groups is 4. The van der Waals surface area contributed by atoms with Gasteiger partial charge in [-0.15, -0.1) is 0 Å². The Balaban J connectivity index is 1.66. The zero-order chi connectivity index (χ0) is 22.6. The minimum absolute atomic E-state index is 0.00357. The van der Waals surface area contributed by atoms with E-state index in [-0.39, 0.29) is 42.3 Å². The molecule has 2 fully saturated rings. The smallest absolute Gasteiger partial charge is 0.321 e. The number of carbonyl (C=O) groups excluding carboxylic acids is 4. The minimum Gasteiger partial charge on any atom is -0.371 e. The number of urea groups is 1. The standard InChI is InChI=1S/C22H30N4O5/c1-22(9-4-10-22)11-16(20(29)25-17-12-31-13-18(17)27)24-19(28)14-5-7-15(8-6-14)23-21(30)26(2)3/h5-8,16-17H,4,9-13H2,1-3H3,(H,23,30)(H,24,28)(H,25,29)/t16?,17-/m0/s1. The summed E-state index contributed by atoms with van der Waals surface area (Å²) < 4.78 is 5.10. The lowest BCUT2D eigenvalue weighted by Crippen LogP contribution is -2.53. The zero-order valence-electron chi connectivity index (χ0n) is 18.2. The first-order valence-corrected chi connectivity index (χ1v) is 10.5. The second-order valence-corrected chi connectivity index (χ2v) is 8.84. The van der Waals surface area contributed by atoms with Crippen LogP contribution in [-0.4, -0.2) is 67.9 Å². The largest absolute Gasteiger partial charge is 0.371 e. The van der Waals surface area contributed by atoms with Crippen LogP contribution in [0, 0.1) is 5.41 Å². The third-order valence-electron chi connectivity index (χ3n) is 5.92. The van der Waals surface area contributed by atoms with Crippen molar-refractivity contribution in [2.24, 2.45) is 5.41 Å². The summed E-state index contributed by atoms with van der Waals surface area (Å²) in [6.45, 7) is 2.26. The maximum Gasteiger partial charge on any atom is 0.321 e. The van der Waals surface area contributed by atoms with Crippen molar-refractivity contribution in [3.63, 3.8) is 0 Å². The van der Waals surface area contributed by atoms with E-state index in [1.165, 1.54) is 4.90 Å². The van der Waals surface area contributed by atoms with Crippen LogP contribution in [0.2, 0.25) is 0 Å². The van der Waals surface area contributed by atoms with E-state index in [1.807, 2.05) is 0 Å². The Morgan fingerprint density at radius 2 is 1.87 bits per heavy atom. The van der Waals surface area contributed by atoms with E-state index in [9.17, 15) is 19.2 Å². The third-order valence-corrected chi connectivity index (χ3v) is 5.92. The molecular weight excluding hydrogens is 400 g/mol. The number of rotatable bonds is 7. The van der Waals surface area contributed by atoms with E-state index < -0.39 is 12.1 Å². The second kappa shape index (κ2) is 9.47. The molecule has 9 nitrogen and oxygen atoms in total. The Bertz CT molecular complexity index is 848. The molecule has 0 radical (unpaired) electrons. The van der Waals surface area contributed by atoms with E-state index in [2.05, 4.69) is 22.9 Å². The van der Waals surface area contributed by atoms with Crippen LogP contribution in [-0.2, 0) is 14.3 Å². The molecule has 0 aromatic heterocycles. The van der Waals surface area contributed by atoms with Gasteiger partial charge in [-0.25, -0.2) is 4.79 Å². The Kier molecular flexibility index (Phi) is 6.94. The molecule has 9 heteroatoms. The van der Waals surface area contributed by atoms with E-state index >= 15 is 0 Å². The maximum absolute atomic E-state index is 12.9. The van der Waals surface area contributed by atoms with E-state index in [1.54, 1.807) is 38.4 Å². The first kappa shape index (κ1) is 22.7. The highest BCUT2D eigenvalue weighted by atomic mass is 16.5. The number of nitrogens with zero attached hydrogens (tertiary/aromatic N) is 1. The fourth-order valence-electron chi connectivity index (χ4n) is 3.73. The van der Waals surface area contributed by atoms with Crippen molar-refractivity contribution >= 4 is 29.3 Å². The predicted molar refractivity (Wildman–Crippen MR) is 115 cm³/mol. The maximum atomic E-state index is 12.9. The monoisotopic (exact) mass is 430 g/mol. The number of hydrogen-bond acceptors (Lipinski definition) is 5. The number of anilines is 1. The quantitative estimate of drug-likeness (QED) is 0.607. The fraction of sp³-hybridized carbons (Fsp3) is 0.545. The molecule has 168 valence electrons. The number of amides is 4. The van der Waals surface area contributed by atoms with Gasteiger partial charge in [0, 0.05) is 25.3 Å². The molecule has 1 aromatic carbocycles. The lowest BCUT2D eigenvalue weighted by molar-refractivity contribution is -0.128. The molecule has 0 bridgehead atoms. The Morgan fingerprint density at radius 3 is 2.39 bits per heavy atom. The van der Waals surface area contributed by atoms with Crippen molar-refractivity contribution in [1.82, 2.24) is 15.5 Å². The molecule has 3 N–H and O–H groups in total. The van der Waals surface area contributed by atoms with Gasteiger partial charge in [0.2, 0.25) is 5.91 Å². The molecule has 1 heterocycles.